The Kier molecular flexibility index (Phi) is 19.0. The molecule has 0 aromatic heterocycles. The van der Waals surface area contributed by atoms with Crippen LogP contribution in [-0.2, 0) is 36.8 Å². The molecule has 2 aromatic carbocycles. The third-order valence-electron chi connectivity index (χ3n) is 9.64. The van der Waals surface area contributed by atoms with Gasteiger partial charge in [0.2, 0.25) is 17.7 Å². The van der Waals surface area contributed by atoms with E-state index in [0.717, 1.165) is 32.1 Å². The Balaban J connectivity index is 2.31. The number of phenols is 2. The molecule has 6 atom stereocenters. The highest BCUT2D eigenvalue weighted by Crippen LogP contribution is 2.20. The first kappa shape index (κ1) is 45.5. The standard InChI is InChI=1S/C40H61N5O9/c1-8-9-10-11-12-13-31(41-5)35(48)37(50)42-26(4)38(51)45(7)34(22-25(2)3)39(52)44(6)33(24-28-16-20-30(47)21-17-28)36(49)43-32(40(53)54)23-27-14-18-29(46)19-15-27/h14-21,25-26,31-35,41,46-48H,8-13,22-24H2,1-7H3,(H,42,50)(H,43,49)(H,53,54). The van der Waals surface area contributed by atoms with E-state index in [9.17, 15) is 44.4 Å². The van der Waals surface area contributed by atoms with Crippen molar-refractivity contribution in [2.75, 3.05) is 21.1 Å². The number of likely N-dealkylation sites (N-methyl/N-ethyl adjacent to an activating group) is 3. The van der Waals surface area contributed by atoms with Gasteiger partial charge in [0.05, 0.1) is 0 Å². The van der Waals surface area contributed by atoms with Crippen LogP contribution in [0, 0.1) is 5.92 Å². The molecule has 300 valence electrons. The predicted octanol–water partition coefficient (Wildman–Crippen LogP) is 2.97. The number of carbonyl (C=O) groups excluding carboxylic acids is 4. The van der Waals surface area contributed by atoms with E-state index in [2.05, 4.69) is 22.9 Å². The van der Waals surface area contributed by atoms with Crippen LogP contribution in [0.5, 0.6) is 11.5 Å². The van der Waals surface area contributed by atoms with Crippen molar-refractivity contribution in [2.45, 2.75) is 122 Å². The fourth-order valence-electron chi connectivity index (χ4n) is 6.29. The zero-order valence-electron chi connectivity index (χ0n) is 32.7. The summed E-state index contributed by atoms with van der Waals surface area (Å²) in [5.41, 5.74) is 1.13. The maximum absolute atomic E-state index is 14.3. The molecule has 0 heterocycles. The van der Waals surface area contributed by atoms with Gasteiger partial charge in [0.15, 0.2) is 0 Å². The van der Waals surface area contributed by atoms with Gasteiger partial charge in [0, 0.05) is 33.0 Å². The van der Waals surface area contributed by atoms with Gasteiger partial charge in [0.25, 0.3) is 5.91 Å². The molecule has 0 radical (unpaired) electrons. The number of benzene rings is 2. The summed E-state index contributed by atoms with van der Waals surface area (Å²) < 4.78 is 0. The van der Waals surface area contributed by atoms with E-state index in [1.54, 1.807) is 31.3 Å². The third kappa shape index (κ3) is 14.3. The Morgan fingerprint density at radius 2 is 1.22 bits per heavy atom. The molecule has 0 saturated carbocycles. The molecule has 14 heteroatoms. The normalized spacial score (nSPS) is 14.6. The summed E-state index contributed by atoms with van der Waals surface area (Å²) in [4.78, 5) is 69.8. The van der Waals surface area contributed by atoms with E-state index in [1.807, 2.05) is 13.8 Å². The van der Waals surface area contributed by atoms with Crippen LogP contribution >= 0.6 is 0 Å². The maximum atomic E-state index is 14.3. The number of nitrogens with one attached hydrogen (secondary N) is 3. The highest BCUT2D eigenvalue weighted by Gasteiger charge is 2.38. The SMILES string of the molecule is CCCCCCCC(NC)C(O)C(=O)NC(C)C(=O)N(C)C(CC(C)C)C(=O)N(C)C(Cc1ccc(O)cc1)C(=O)NC(Cc1ccc(O)cc1)C(=O)O. The van der Waals surface area contributed by atoms with Crippen molar-refractivity contribution in [3.63, 3.8) is 0 Å². The number of aromatic hydroxyl groups is 2. The van der Waals surface area contributed by atoms with Gasteiger partial charge in [-0.3, -0.25) is 19.2 Å². The highest BCUT2D eigenvalue weighted by atomic mass is 16.4. The molecule has 0 fully saturated rings. The number of carboxylic acids is 1. The van der Waals surface area contributed by atoms with E-state index in [4.69, 9.17) is 0 Å². The molecule has 0 aliphatic carbocycles. The highest BCUT2D eigenvalue weighted by molar-refractivity contribution is 5.95. The second-order valence-electron chi connectivity index (χ2n) is 14.5. The van der Waals surface area contributed by atoms with Crippen LogP contribution in [0.2, 0.25) is 0 Å². The lowest BCUT2D eigenvalue weighted by Crippen LogP contribution is -2.59. The number of carboxylic acid groups (broad SMARTS) is 1. The van der Waals surface area contributed by atoms with Crippen LogP contribution < -0.4 is 16.0 Å². The molecule has 0 aliphatic heterocycles. The van der Waals surface area contributed by atoms with Crippen LogP contribution in [0.1, 0.15) is 83.8 Å². The first-order valence-corrected chi connectivity index (χ1v) is 18.8. The molecule has 54 heavy (non-hydrogen) atoms. The Morgan fingerprint density at radius 3 is 1.72 bits per heavy atom. The van der Waals surface area contributed by atoms with Gasteiger partial charge in [0.1, 0.15) is 41.8 Å². The second-order valence-corrected chi connectivity index (χ2v) is 14.5. The Bertz CT molecular complexity index is 1500. The average Bonchev–Trinajstić information content (AvgIpc) is 3.13. The summed E-state index contributed by atoms with van der Waals surface area (Å²) in [6, 6.07) is 6.69. The second kappa shape index (κ2) is 22.5. The number of aliphatic carboxylic acids is 1. The van der Waals surface area contributed by atoms with Crippen LogP contribution in [0.25, 0.3) is 0 Å². The van der Waals surface area contributed by atoms with Crippen molar-refractivity contribution in [1.29, 1.82) is 0 Å². The molecular formula is C40H61N5O9. The van der Waals surface area contributed by atoms with Crippen molar-refractivity contribution in [3.05, 3.63) is 59.7 Å². The molecule has 4 amide bonds. The average molecular weight is 756 g/mol. The summed E-state index contributed by atoms with van der Waals surface area (Å²) in [6.45, 7) is 7.36. The number of aliphatic hydroxyl groups excluding tert-OH is 1. The molecule has 2 aromatic rings. The summed E-state index contributed by atoms with van der Waals surface area (Å²) in [5.74, 6) is -4.00. The van der Waals surface area contributed by atoms with E-state index >= 15 is 0 Å². The monoisotopic (exact) mass is 755 g/mol. The summed E-state index contributed by atoms with van der Waals surface area (Å²) in [7, 11) is 4.52. The topological polar surface area (TPSA) is 209 Å². The largest absolute Gasteiger partial charge is 0.508 e. The minimum atomic E-state index is -1.40. The van der Waals surface area contributed by atoms with Crippen molar-refractivity contribution in [3.8, 4) is 11.5 Å². The molecule has 0 aliphatic rings. The first-order valence-electron chi connectivity index (χ1n) is 18.8. The van der Waals surface area contributed by atoms with Gasteiger partial charge >= 0.3 is 5.97 Å². The molecule has 0 spiro atoms. The van der Waals surface area contributed by atoms with Gasteiger partial charge in [-0.2, -0.15) is 0 Å². The lowest BCUT2D eigenvalue weighted by Gasteiger charge is -2.36. The molecule has 6 unspecified atom stereocenters. The van der Waals surface area contributed by atoms with E-state index in [-0.39, 0.29) is 36.7 Å². The summed E-state index contributed by atoms with van der Waals surface area (Å²) >= 11 is 0. The van der Waals surface area contributed by atoms with Crippen LogP contribution in [0.4, 0.5) is 0 Å². The maximum Gasteiger partial charge on any atom is 0.326 e. The number of hydrogen-bond donors (Lipinski definition) is 7. The molecule has 0 saturated heterocycles. The van der Waals surface area contributed by atoms with Crippen LogP contribution in [0.3, 0.4) is 0 Å². The Morgan fingerprint density at radius 1 is 0.704 bits per heavy atom. The summed E-state index contributed by atoms with van der Waals surface area (Å²) in [5, 5.41) is 48.4. The van der Waals surface area contributed by atoms with Gasteiger partial charge in [-0.25, -0.2) is 4.79 Å². The number of amides is 4. The van der Waals surface area contributed by atoms with Gasteiger partial charge in [-0.15, -0.1) is 0 Å². The van der Waals surface area contributed by atoms with Gasteiger partial charge in [-0.1, -0.05) is 77.1 Å². The Labute approximate surface area is 319 Å². The zero-order chi connectivity index (χ0) is 40.5. The number of nitrogens with zero attached hydrogens (tertiary/aromatic N) is 2. The number of carbonyl (C=O) groups is 5. The predicted molar refractivity (Wildman–Crippen MR) is 206 cm³/mol. The zero-order valence-corrected chi connectivity index (χ0v) is 32.7. The van der Waals surface area contributed by atoms with Gasteiger partial charge < -0.3 is 46.2 Å². The smallest absolute Gasteiger partial charge is 0.326 e. The number of rotatable bonds is 23. The molecule has 2 rings (SSSR count). The third-order valence-corrected chi connectivity index (χ3v) is 9.64. The fourth-order valence-corrected chi connectivity index (χ4v) is 6.29. The quantitative estimate of drug-likeness (QED) is 0.0826. The lowest BCUT2D eigenvalue weighted by molar-refractivity contribution is -0.150. The lowest BCUT2D eigenvalue weighted by atomic mass is 9.98. The van der Waals surface area contributed by atoms with E-state index < -0.39 is 65.9 Å². The van der Waals surface area contributed by atoms with Gasteiger partial charge in [-0.05, 0) is 68.1 Å². The number of phenolic OH excluding ortho intramolecular Hbond substituents is 2. The van der Waals surface area contributed by atoms with Crippen molar-refractivity contribution in [2.24, 2.45) is 5.92 Å². The summed E-state index contributed by atoms with van der Waals surface area (Å²) in [6.07, 6.45) is 4.37. The Hall–Kier alpha value is -4.69. The minimum Gasteiger partial charge on any atom is -0.508 e. The number of hydrogen-bond acceptors (Lipinski definition) is 9. The minimum absolute atomic E-state index is 0.00114. The van der Waals surface area contributed by atoms with Crippen molar-refractivity contribution in [1.82, 2.24) is 25.8 Å². The fraction of sp³-hybridized carbons (Fsp3) is 0.575. The number of aliphatic hydroxyl groups is 1. The first-order chi connectivity index (χ1) is 25.5. The number of unbranched alkanes of at least 4 members (excludes halogenated alkanes) is 4. The molecule has 7 N–H and O–H groups in total. The van der Waals surface area contributed by atoms with E-state index in [0.29, 0.717) is 17.5 Å². The molecule has 0 bridgehead atoms. The molecule has 14 nitrogen and oxygen atoms in total. The van der Waals surface area contributed by atoms with Crippen LogP contribution in [-0.4, -0.2) is 117 Å². The van der Waals surface area contributed by atoms with Crippen LogP contribution in [0.15, 0.2) is 48.5 Å². The van der Waals surface area contributed by atoms with Crippen molar-refractivity contribution < 1.29 is 44.4 Å². The van der Waals surface area contributed by atoms with E-state index in [1.165, 1.54) is 55.1 Å². The van der Waals surface area contributed by atoms with Crippen molar-refractivity contribution >= 4 is 29.6 Å². The molecular weight excluding hydrogens is 694 g/mol.